The third kappa shape index (κ3) is 3.91. The maximum Gasteiger partial charge on any atom is 0.350 e. The number of carbonyl (C=O) groups is 3. The maximum absolute atomic E-state index is 12.6. The number of thiophene rings is 1. The Bertz CT molecular complexity index is 898. The molecule has 1 fully saturated rings. The second-order valence-corrected chi connectivity index (χ2v) is 7.19. The Hall–Kier alpha value is -2.58. The molecule has 1 unspecified atom stereocenters. The quantitative estimate of drug-likeness (QED) is 0.768. The van der Waals surface area contributed by atoms with Crippen LogP contribution in [0.15, 0.2) is 29.6 Å². The van der Waals surface area contributed by atoms with Crippen molar-refractivity contribution >= 4 is 52.1 Å². The van der Waals surface area contributed by atoms with Gasteiger partial charge in [-0.05, 0) is 29.6 Å². The summed E-state index contributed by atoms with van der Waals surface area (Å²) >= 11 is 7.30. The fourth-order valence-electron chi connectivity index (χ4n) is 2.85. The number of nitrogens with zero attached hydrogens (tertiary/aromatic N) is 1. The highest BCUT2D eigenvalue weighted by Gasteiger charge is 2.35. The molecular weight excluding hydrogens is 392 g/mol. The zero-order chi connectivity index (χ0) is 19.6. The summed E-state index contributed by atoms with van der Waals surface area (Å²) in [4.78, 5) is 38.5. The molecule has 0 bridgehead atoms. The van der Waals surface area contributed by atoms with Crippen LogP contribution in [0.2, 0.25) is 5.02 Å². The summed E-state index contributed by atoms with van der Waals surface area (Å²) < 4.78 is 9.81. The van der Waals surface area contributed by atoms with Crippen LogP contribution in [-0.4, -0.2) is 38.5 Å². The van der Waals surface area contributed by atoms with Crippen LogP contribution in [0.3, 0.4) is 0 Å². The molecule has 7 nitrogen and oxygen atoms in total. The van der Waals surface area contributed by atoms with Crippen LogP contribution in [0, 0.1) is 5.92 Å². The molecule has 3 rings (SSSR count). The van der Waals surface area contributed by atoms with Crippen molar-refractivity contribution in [3.63, 3.8) is 0 Å². The van der Waals surface area contributed by atoms with Crippen LogP contribution < -0.4 is 15.0 Å². The molecule has 2 aromatic rings. The molecule has 2 heterocycles. The lowest BCUT2D eigenvalue weighted by molar-refractivity contribution is -0.122. The standard InChI is InChI=1S/C18H17ClN2O5S/c1-25-14-4-3-11(8-12(14)19)21-9-10(7-15(21)22)17(23)20-13-5-6-27-16(13)18(24)26-2/h3-6,8,10H,7,9H2,1-2H3,(H,20,23). The molecule has 0 aliphatic carbocycles. The molecule has 0 saturated carbocycles. The number of hydrogen-bond donors (Lipinski definition) is 1. The highest BCUT2D eigenvalue weighted by atomic mass is 35.5. The van der Waals surface area contributed by atoms with Gasteiger partial charge in [0, 0.05) is 18.7 Å². The second-order valence-electron chi connectivity index (χ2n) is 5.87. The van der Waals surface area contributed by atoms with Gasteiger partial charge in [-0.15, -0.1) is 11.3 Å². The first kappa shape index (κ1) is 19.2. The van der Waals surface area contributed by atoms with Gasteiger partial charge in [-0.2, -0.15) is 0 Å². The smallest absolute Gasteiger partial charge is 0.350 e. The van der Waals surface area contributed by atoms with Crippen molar-refractivity contribution in [3.8, 4) is 5.75 Å². The van der Waals surface area contributed by atoms with Crippen molar-refractivity contribution in [2.75, 3.05) is 31.0 Å². The van der Waals surface area contributed by atoms with Gasteiger partial charge in [0.1, 0.15) is 10.6 Å². The summed E-state index contributed by atoms with van der Waals surface area (Å²) in [5.74, 6) is -1.04. The molecule has 27 heavy (non-hydrogen) atoms. The zero-order valence-electron chi connectivity index (χ0n) is 14.7. The third-order valence-electron chi connectivity index (χ3n) is 4.24. The van der Waals surface area contributed by atoms with E-state index in [2.05, 4.69) is 5.32 Å². The molecule has 142 valence electrons. The Balaban J connectivity index is 1.72. The Morgan fingerprint density at radius 2 is 2.07 bits per heavy atom. The molecule has 1 aromatic carbocycles. The maximum atomic E-state index is 12.6. The van der Waals surface area contributed by atoms with Crippen LogP contribution in [0.25, 0.3) is 0 Å². The van der Waals surface area contributed by atoms with Gasteiger partial charge in [0.25, 0.3) is 0 Å². The average molecular weight is 409 g/mol. The van der Waals surface area contributed by atoms with Crippen LogP contribution in [0.5, 0.6) is 5.75 Å². The number of anilines is 2. The van der Waals surface area contributed by atoms with Crippen molar-refractivity contribution in [3.05, 3.63) is 39.5 Å². The van der Waals surface area contributed by atoms with E-state index in [0.717, 1.165) is 0 Å². The summed E-state index contributed by atoms with van der Waals surface area (Å²) in [6.45, 7) is 0.227. The first-order valence-corrected chi connectivity index (χ1v) is 9.31. The Morgan fingerprint density at radius 3 is 2.74 bits per heavy atom. The number of methoxy groups -OCH3 is 2. The number of carbonyl (C=O) groups excluding carboxylic acids is 3. The van der Waals surface area contributed by atoms with Crippen molar-refractivity contribution in [2.24, 2.45) is 5.92 Å². The van der Waals surface area contributed by atoms with E-state index in [1.807, 2.05) is 0 Å². The molecule has 1 N–H and O–H groups in total. The van der Waals surface area contributed by atoms with Crippen molar-refractivity contribution in [1.82, 2.24) is 0 Å². The number of amides is 2. The van der Waals surface area contributed by atoms with Gasteiger partial charge in [0.05, 0.1) is 30.8 Å². The van der Waals surface area contributed by atoms with Crippen molar-refractivity contribution in [1.29, 1.82) is 0 Å². The van der Waals surface area contributed by atoms with Crippen LogP contribution in [0.4, 0.5) is 11.4 Å². The number of hydrogen-bond acceptors (Lipinski definition) is 6. The highest BCUT2D eigenvalue weighted by Crippen LogP contribution is 2.33. The largest absolute Gasteiger partial charge is 0.495 e. The first-order chi connectivity index (χ1) is 12.9. The normalized spacial score (nSPS) is 16.3. The van der Waals surface area contributed by atoms with Crippen LogP contribution in [-0.2, 0) is 14.3 Å². The number of benzene rings is 1. The fourth-order valence-corrected chi connectivity index (χ4v) is 3.87. The Morgan fingerprint density at radius 1 is 1.30 bits per heavy atom. The Labute approximate surface area is 164 Å². The van der Waals surface area contributed by atoms with Gasteiger partial charge in [0.15, 0.2) is 0 Å². The number of rotatable bonds is 5. The summed E-state index contributed by atoms with van der Waals surface area (Å²) in [5.41, 5.74) is 0.988. The van der Waals surface area contributed by atoms with E-state index in [1.54, 1.807) is 29.6 Å². The lowest BCUT2D eigenvalue weighted by Crippen LogP contribution is -2.28. The van der Waals surface area contributed by atoms with Gasteiger partial charge in [-0.3, -0.25) is 9.59 Å². The lowest BCUT2D eigenvalue weighted by Gasteiger charge is -2.17. The molecule has 1 saturated heterocycles. The predicted octanol–water partition coefficient (Wildman–Crippen LogP) is 3.19. The molecule has 1 aliphatic rings. The summed E-state index contributed by atoms with van der Waals surface area (Å²) in [6, 6.07) is 6.66. The van der Waals surface area contributed by atoms with Gasteiger partial charge in [0.2, 0.25) is 11.8 Å². The van der Waals surface area contributed by atoms with Crippen LogP contribution in [0.1, 0.15) is 16.1 Å². The van der Waals surface area contributed by atoms with E-state index in [-0.39, 0.29) is 24.8 Å². The van der Waals surface area contributed by atoms with Crippen LogP contribution >= 0.6 is 22.9 Å². The van der Waals surface area contributed by atoms with Crippen molar-refractivity contribution < 1.29 is 23.9 Å². The minimum Gasteiger partial charge on any atom is -0.495 e. The average Bonchev–Trinajstić information content (AvgIpc) is 3.27. The van der Waals surface area contributed by atoms with E-state index >= 15 is 0 Å². The van der Waals surface area contributed by atoms with Gasteiger partial charge in [-0.25, -0.2) is 4.79 Å². The summed E-state index contributed by atoms with van der Waals surface area (Å²) in [5, 5.41) is 4.79. The Kier molecular flexibility index (Phi) is 5.67. The molecule has 2 amide bonds. The van der Waals surface area contributed by atoms with E-state index < -0.39 is 11.9 Å². The minimum absolute atomic E-state index is 0.0766. The minimum atomic E-state index is -0.538. The molecule has 1 aliphatic heterocycles. The number of esters is 1. The summed E-state index contributed by atoms with van der Waals surface area (Å²) in [7, 11) is 2.79. The molecule has 0 radical (unpaired) electrons. The molecule has 1 aromatic heterocycles. The predicted molar refractivity (Wildman–Crippen MR) is 103 cm³/mol. The van der Waals surface area contributed by atoms with Crippen molar-refractivity contribution in [2.45, 2.75) is 6.42 Å². The van der Waals surface area contributed by atoms with E-state index in [9.17, 15) is 14.4 Å². The zero-order valence-corrected chi connectivity index (χ0v) is 16.2. The molecule has 0 spiro atoms. The second kappa shape index (κ2) is 7.98. The van der Waals surface area contributed by atoms with E-state index in [0.29, 0.717) is 27.0 Å². The third-order valence-corrected chi connectivity index (χ3v) is 5.43. The molecular formula is C18H17ClN2O5S. The van der Waals surface area contributed by atoms with E-state index in [1.165, 1.54) is 30.5 Å². The number of halogens is 1. The monoisotopic (exact) mass is 408 g/mol. The van der Waals surface area contributed by atoms with Gasteiger partial charge < -0.3 is 19.7 Å². The molecule has 1 atom stereocenters. The fraction of sp³-hybridized carbons (Fsp3) is 0.278. The van der Waals surface area contributed by atoms with Gasteiger partial charge in [-0.1, -0.05) is 11.6 Å². The number of ether oxygens (including phenoxy) is 2. The number of nitrogens with one attached hydrogen (secondary N) is 1. The first-order valence-electron chi connectivity index (χ1n) is 8.05. The molecule has 9 heteroatoms. The van der Waals surface area contributed by atoms with E-state index in [4.69, 9.17) is 21.1 Å². The van der Waals surface area contributed by atoms with Gasteiger partial charge >= 0.3 is 5.97 Å². The summed E-state index contributed by atoms with van der Waals surface area (Å²) in [6.07, 6.45) is 0.0766. The highest BCUT2D eigenvalue weighted by molar-refractivity contribution is 7.12. The lowest BCUT2D eigenvalue weighted by atomic mass is 10.1. The SMILES string of the molecule is COC(=O)c1sccc1NC(=O)C1CC(=O)N(c2ccc(OC)c(Cl)c2)C1. The topological polar surface area (TPSA) is 84.9 Å².